The molecular weight excluding hydrogens is 368 g/mol. The summed E-state index contributed by atoms with van der Waals surface area (Å²) in [6.45, 7) is 5.68. The van der Waals surface area contributed by atoms with Gasteiger partial charge in [0.2, 0.25) is 5.91 Å². The third kappa shape index (κ3) is 4.78. The van der Waals surface area contributed by atoms with Crippen LogP contribution >= 0.6 is 0 Å². The largest absolute Gasteiger partial charge is 0.475 e. The number of nitrogens with one attached hydrogen (secondary N) is 1. The zero-order valence-corrected chi connectivity index (χ0v) is 17.1. The molecule has 1 aromatic heterocycles. The van der Waals surface area contributed by atoms with Gasteiger partial charge in [-0.1, -0.05) is 19.1 Å². The number of amides is 1. The van der Waals surface area contributed by atoms with Gasteiger partial charge in [-0.3, -0.25) is 4.79 Å². The van der Waals surface area contributed by atoms with E-state index in [-0.39, 0.29) is 17.9 Å². The normalized spacial score (nSPS) is 20.2. The topological polar surface area (TPSA) is 76.6 Å². The van der Waals surface area contributed by atoms with Crippen LogP contribution < -0.4 is 15.0 Å². The Bertz CT molecular complexity index is 830. The van der Waals surface area contributed by atoms with Crippen molar-refractivity contribution in [2.24, 2.45) is 5.92 Å². The number of piperidine rings is 1. The second-order valence-corrected chi connectivity index (χ2v) is 7.83. The first-order chi connectivity index (χ1) is 14.2. The van der Waals surface area contributed by atoms with Gasteiger partial charge in [0.15, 0.2) is 5.82 Å². The zero-order valence-electron chi connectivity index (χ0n) is 17.1. The van der Waals surface area contributed by atoms with E-state index in [4.69, 9.17) is 19.4 Å². The van der Waals surface area contributed by atoms with Crippen LogP contribution in [0.5, 0.6) is 5.88 Å². The molecule has 1 N–H and O–H groups in total. The molecule has 7 heteroatoms. The SMILES string of the molecule is CCCOc1nc2ccccc2nc1N1CCC(C(=O)NC[C@H]2CCCO2)CC1. The molecule has 2 aliphatic rings. The lowest BCUT2D eigenvalue weighted by atomic mass is 9.96. The van der Waals surface area contributed by atoms with Crippen LogP contribution in [0.15, 0.2) is 24.3 Å². The standard InChI is InChI=1S/C22H30N4O3/c1-2-13-29-22-20(24-18-7-3-4-8-19(18)25-22)26-11-9-16(10-12-26)21(27)23-15-17-6-5-14-28-17/h3-4,7-8,16-17H,2,5-6,9-15H2,1H3,(H,23,27)/t17-/m1/s1. The number of fused-ring (bicyclic) bond motifs is 1. The fourth-order valence-electron chi connectivity index (χ4n) is 3.99. The van der Waals surface area contributed by atoms with Crippen LogP contribution in [0.2, 0.25) is 0 Å². The molecule has 0 radical (unpaired) electrons. The van der Waals surface area contributed by atoms with Crippen LogP contribution in [0.25, 0.3) is 11.0 Å². The summed E-state index contributed by atoms with van der Waals surface area (Å²) in [6.07, 6.45) is 4.85. The molecule has 156 valence electrons. The Labute approximate surface area is 171 Å². The number of ether oxygens (including phenoxy) is 2. The van der Waals surface area contributed by atoms with Crippen molar-refractivity contribution < 1.29 is 14.3 Å². The number of hydrogen-bond acceptors (Lipinski definition) is 6. The summed E-state index contributed by atoms with van der Waals surface area (Å²) in [5.41, 5.74) is 1.70. The second kappa shape index (κ2) is 9.39. The van der Waals surface area contributed by atoms with Crippen molar-refractivity contribution in [1.82, 2.24) is 15.3 Å². The lowest BCUT2D eigenvalue weighted by molar-refractivity contribution is -0.126. The van der Waals surface area contributed by atoms with Gasteiger partial charge in [0.1, 0.15) is 0 Å². The van der Waals surface area contributed by atoms with E-state index in [9.17, 15) is 4.79 Å². The molecule has 2 saturated heterocycles. The molecule has 29 heavy (non-hydrogen) atoms. The predicted octanol–water partition coefficient (Wildman–Crippen LogP) is 2.93. The minimum Gasteiger partial charge on any atom is -0.475 e. The molecule has 1 amide bonds. The average Bonchev–Trinajstić information content (AvgIpc) is 3.29. The number of hydrogen-bond donors (Lipinski definition) is 1. The molecule has 0 spiro atoms. The number of nitrogens with zero attached hydrogens (tertiary/aromatic N) is 3. The highest BCUT2D eigenvalue weighted by Gasteiger charge is 2.28. The minimum absolute atomic E-state index is 0.0427. The average molecular weight is 399 g/mol. The van der Waals surface area contributed by atoms with Crippen molar-refractivity contribution in [2.75, 3.05) is 37.7 Å². The third-order valence-electron chi connectivity index (χ3n) is 5.66. The molecule has 2 fully saturated rings. The Balaban J connectivity index is 1.40. The van der Waals surface area contributed by atoms with Crippen molar-refractivity contribution >= 4 is 22.8 Å². The highest BCUT2D eigenvalue weighted by molar-refractivity contribution is 5.79. The molecule has 4 rings (SSSR count). The lowest BCUT2D eigenvalue weighted by Crippen LogP contribution is -2.42. The van der Waals surface area contributed by atoms with Gasteiger partial charge >= 0.3 is 0 Å². The molecule has 0 aliphatic carbocycles. The van der Waals surface area contributed by atoms with Crippen LogP contribution in [-0.4, -0.2) is 54.8 Å². The quantitative estimate of drug-likeness (QED) is 0.773. The third-order valence-corrected chi connectivity index (χ3v) is 5.66. The predicted molar refractivity (Wildman–Crippen MR) is 112 cm³/mol. The second-order valence-electron chi connectivity index (χ2n) is 7.83. The molecule has 7 nitrogen and oxygen atoms in total. The summed E-state index contributed by atoms with van der Waals surface area (Å²) < 4.78 is 11.5. The lowest BCUT2D eigenvalue weighted by Gasteiger charge is -2.32. The van der Waals surface area contributed by atoms with Crippen LogP contribution in [0, 0.1) is 5.92 Å². The maximum atomic E-state index is 12.5. The van der Waals surface area contributed by atoms with Crippen LogP contribution in [0.1, 0.15) is 39.0 Å². The van der Waals surface area contributed by atoms with E-state index in [0.717, 1.165) is 68.7 Å². The van der Waals surface area contributed by atoms with Crippen molar-refractivity contribution in [2.45, 2.75) is 45.1 Å². The first kappa shape index (κ1) is 19.9. The van der Waals surface area contributed by atoms with E-state index >= 15 is 0 Å². The minimum atomic E-state index is 0.0427. The summed E-state index contributed by atoms with van der Waals surface area (Å²) in [6, 6.07) is 7.86. The fraction of sp³-hybridized carbons (Fsp3) is 0.591. The van der Waals surface area contributed by atoms with Crippen LogP contribution in [0.3, 0.4) is 0 Å². The number of aromatic nitrogens is 2. The van der Waals surface area contributed by atoms with Crippen molar-refractivity contribution in [3.8, 4) is 5.88 Å². The molecule has 2 aliphatic heterocycles. The zero-order chi connectivity index (χ0) is 20.1. The number of anilines is 1. The maximum Gasteiger partial charge on any atom is 0.258 e. The maximum absolute atomic E-state index is 12.5. The Morgan fingerprint density at radius 3 is 2.66 bits per heavy atom. The van der Waals surface area contributed by atoms with E-state index in [2.05, 4.69) is 17.1 Å². The summed E-state index contributed by atoms with van der Waals surface area (Å²) in [5.74, 6) is 1.57. The molecule has 0 unspecified atom stereocenters. The summed E-state index contributed by atoms with van der Waals surface area (Å²) in [5, 5.41) is 3.08. The summed E-state index contributed by atoms with van der Waals surface area (Å²) in [7, 11) is 0. The van der Waals surface area contributed by atoms with Gasteiger partial charge in [-0.05, 0) is 44.2 Å². The highest BCUT2D eigenvalue weighted by atomic mass is 16.5. The first-order valence-corrected chi connectivity index (χ1v) is 10.8. The van der Waals surface area contributed by atoms with Crippen LogP contribution in [-0.2, 0) is 9.53 Å². The van der Waals surface area contributed by atoms with Gasteiger partial charge in [-0.15, -0.1) is 0 Å². The number of carbonyl (C=O) groups excluding carboxylic acids is 1. The molecule has 0 saturated carbocycles. The van der Waals surface area contributed by atoms with E-state index < -0.39 is 0 Å². The number of para-hydroxylation sites is 2. The highest BCUT2D eigenvalue weighted by Crippen LogP contribution is 2.30. The molecular formula is C22H30N4O3. The van der Waals surface area contributed by atoms with Gasteiger partial charge in [0.25, 0.3) is 5.88 Å². The molecule has 3 heterocycles. The van der Waals surface area contributed by atoms with Crippen molar-refractivity contribution in [1.29, 1.82) is 0 Å². The van der Waals surface area contributed by atoms with Crippen molar-refractivity contribution in [3.63, 3.8) is 0 Å². The van der Waals surface area contributed by atoms with Gasteiger partial charge in [-0.2, -0.15) is 0 Å². The van der Waals surface area contributed by atoms with Gasteiger partial charge in [0.05, 0.1) is 23.7 Å². The monoisotopic (exact) mass is 398 g/mol. The molecule has 1 atom stereocenters. The van der Waals surface area contributed by atoms with Crippen LogP contribution in [0.4, 0.5) is 5.82 Å². The van der Waals surface area contributed by atoms with E-state index in [1.165, 1.54) is 0 Å². The van der Waals surface area contributed by atoms with Gasteiger partial charge in [0, 0.05) is 32.2 Å². The summed E-state index contributed by atoms with van der Waals surface area (Å²) in [4.78, 5) is 24.3. The molecule has 2 aromatic rings. The first-order valence-electron chi connectivity index (χ1n) is 10.8. The number of carbonyl (C=O) groups is 1. The van der Waals surface area contributed by atoms with Crippen molar-refractivity contribution in [3.05, 3.63) is 24.3 Å². The van der Waals surface area contributed by atoms with E-state index in [1.54, 1.807) is 0 Å². The Hall–Kier alpha value is -2.41. The Kier molecular flexibility index (Phi) is 6.44. The Morgan fingerprint density at radius 1 is 1.21 bits per heavy atom. The summed E-state index contributed by atoms with van der Waals surface area (Å²) >= 11 is 0. The number of rotatable bonds is 7. The van der Waals surface area contributed by atoms with E-state index in [1.807, 2.05) is 24.3 Å². The van der Waals surface area contributed by atoms with Gasteiger partial charge in [-0.25, -0.2) is 9.97 Å². The van der Waals surface area contributed by atoms with Gasteiger partial charge < -0.3 is 19.7 Å². The molecule has 1 aromatic carbocycles. The van der Waals surface area contributed by atoms with E-state index in [0.29, 0.717) is 19.0 Å². The number of benzene rings is 1. The molecule has 0 bridgehead atoms. The fourth-order valence-corrected chi connectivity index (χ4v) is 3.99. The Morgan fingerprint density at radius 2 is 1.97 bits per heavy atom. The smallest absolute Gasteiger partial charge is 0.258 e.